The lowest BCUT2D eigenvalue weighted by Crippen LogP contribution is -2.29. The number of hydrogen-bond donors (Lipinski definition) is 1. The first kappa shape index (κ1) is 21.8. The quantitative estimate of drug-likeness (QED) is 0.348. The molecule has 3 heterocycles. The van der Waals surface area contributed by atoms with Crippen LogP contribution in [-0.4, -0.2) is 33.8 Å². The number of thiophene rings is 1. The summed E-state index contributed by atoms with van der Waals surface area (Å²) in [6, 6.07) is 8.61. The Labute approximate surface area is 190 Å². The SMILES string of the molecule is COc1c(C)cc(C)cc1/C(O)=C1\C(=O)C(=O)N(Cc2cccnc2)C1c1sccc1C. The summed E-state index contributed by atoms with van der Waals surface area (Å²) in [7, 11) is 1.52. The van der Waals surface area contributed by atoms with Crippen molar-refractivity contribution in [1.29, 1.82) is 0 Å². The fourth-order valence-corrected chi connectivity index (χ4v) is 5.26. The van der Waals surface area contributed by atoms with Gasteiger partial charge < -0.3 is 14.7 Å². The number of hydrogen-bond acceptors (Lipinski definition) is 6. The van der Waals surface area contributed by atoms with Crippen LogP contribution in [0.25, 0.3) is 5.76 Å². The van der Waals surface area contributed by atoms with Gasteiger partial charge in [-0.05, 0) is 66.6 Å². The Morgan fingerprint density at radius 1 is 1.19 bits per heavy atom. The number of amides is 1. The summed E-state index contributed by atoms with van der Waals surface area (Å²) in [5.74, 6) is -1.09. The molecule has 0 aliphatic carbocycles. The van der Waals surface area contributed by atoms with E-state index in [0.717, 1.165) is 27.1 Å². The maximum atomic E-state index is 13.2. The maximum Gasteiger partial charge on any atom is 0.295 e. The number of rotatable bonds is 5. The van der Waals surface area contributed by atoms with Crippen LogP contribution in [0.3, 0.4) is 0 Å². The summed E-state index contributed by atoms with van der Waals surface area (Å²) in [4.78, 5) is 32.9. The van der Waals surface area contributed by atoms with Crippen LogP contribution in [-0.2, 0) is 16.1 Å². The van der Waals surface area contributed by atoms with Gasteiger partial charge in [-0.2, -0.15) is 0 Å². The molecule has 1 unspecified atom stereocenters. The van der Waals surface area contributed by atoms with Crippen LogP contribution in [0.1, 0.15) is 38.7 Å². The van der Waals surface area contributed by atoms with Gasteiger partial charge in [-0.15, -0.1) is 11.3 Å². The summed E-state index contributed by atoms with van der Waals surface area (Å²) in [5, 5.41) is 13.3. The van der Waals surface area contributed by atoms with E-state index in [9.17, 15) is 14.7 Å². The highest BCUT2D eigenvalue weighted by atomic mass is 32.1. The van der Waals surface area contributed by atoms with Crippen LogP contribution in [0.5, 0.6) is 5.75 Å². The van der Waals surface area contributed by atoms with E-state index < -0.39 is 17.7 Å². The van der Waals surface area contributed by atoms with Gasteiger partial charge in [-0.25, -0.2) is 0 Å². The van der Waals surface area contributed by atoms with E-state index in [1.807, 2.05) is 44.4 Å². The minimum atomic E-state index is -0.703. The number of carbonyl (C=O) groups is 2. The van der Waals surface area contributed by atoms with Gasteiger partial charge in [0.25, 0.3) is 11.7 Å². The van der Waals surface area contributed by atoms with Crippen LogP contribution in [0.2, 0.25) is 0 Å². The lowest BCUT2D eigenvalue weighted by Gasteiger charge is -2.25. The molecule has 7 heteroatoms. The van der Waals surface area contributed by atoms with Gasteiger partial charge in [0.05, 0.1) is 18.2 Å². The molecule has 1 aliphatic rings. The van der Waals surface area contributed by atoms with Crippen molar-refractivity contribution < 1.29 is 19.4 Å². The zero-order chi connectivity index (χ0) is 23.0. The van der Waals surface area contributed by atoms with Gasteiger partial charge in [0.15, 0.2) is 0 Å². The fraction of sp³-hybridized carbons (Fsp3) is 0.240. The second-order valence-electron chi connectivity index (χ2n) is 7.92. The molecule has 1 aromatic carbocycles. The van der Waals surface area contributed by atoms with E-state index in [4.69, 9.17) is 4.74 Å². The Balaban J connectivity index is 1.93. The maximum absolute atomic E-state index is 13.2. The lowest BCUT2D eigenvalue weighted by molar-refractivity contribution is -0.140. The van der Waals surface area contributed by atoms with Gasteiger partial charge in [0.2, 0.25) is 0 Å². The van der Waals surface area contributed by atoms with Gasteiger partial charge in [-0.1, -0.05) is 12.1 Å². The summed E-state index contributed by atoms with van der Waals surface area (Å²) in [6.45, 7) is 5.93. The number of aryl methyl sites for hydroxylation is 3. The summed E-state index contributed by atoms with van der Waals surface area (Å²) in [5.41, 5.74) is 3.99. The topological polar surface area (TPSA) is 79.7 Å². The Morgan fingerprint density at radius 3 is 2.59 bits per heavy atom. The molecule has 1 N–H and O–H groups in total. The predicted molar refractivity (Wildman–Crippen MR) is 124 cm³/mol. The summed E-state index contributed by atoms with van der Waals surface area (Å²) < 4.78 is 5.54. The van der Waals surface area contributed by atoms with Gasteiger partial charge in [-0.3, -0.25) is 14.6 Å². The molecule has 2 aromatic heterocycles. The summed E-state index contributed by atoms with van der Waals surface area (Å²) in [6.07, 6.45) is 3.33. The van der Waals surface area contributed by atoms with E-state index >= 15 is 0 Å². The van der Waals surface area contributed by atoms with Gasteiger partial charge in [0, 0.05) is 23.8 Å². The number of carbonyl (C=O) groups excluding carboxylic acids is 2. The van der Waals surface area contributed by atoms with E-state index in [2.05, 4.69) is 4.98 Å². The predicted octanol–water partition coefficient (Wildman–Crippen LogP) is 4.70. The Hall–Kier alpha value is -3.45. The van der Waals surface area contributed by atoms with Crippen LogP contribution >= 0.6 is 11.3 Å². The van der Waals surface area contributed by atoms with Crippen molar-refractivity contribution in [3.05, 3.63) is 86.4 Å². The van der Waals surface area contributed by atoms with E-state index in [1.54, 1.807) is 24.5 Å². The zero-order valence-corrected chi connectivity index (χ0v) is 19.2. The van der Waals surface area contributed by atoms with Crippen LogP contribution in [0, 0.1) is 20.8 Å². The van der Waals surface area contributed by atoms with E-state index in [0.29, 0.717) is 11.3 Å². The molecule has 32 heavy (non-hydrogen) atoms. The van der Waals surface area contributed by atoms with Gasteiger partial charge in [0.1, 0.15) is 17.6 Å². The fourth-order valence-electron chi connectivity index (χ4n) is 4.21. The molecule has 1 amide bonds. The average molecular weight is 449 g/mol. The number of aliphatic hydroxyl groups is 1. The Morgan fingerprint density at radius 2 is 1.97 bits per heavy atom. The number of ketones is 1. The third-order valence-corrected chi connectivity index (χ3v) is 6.72. The molecule has 0 bridgehead atoms. The molecule has 0 spiro atoms. The standard InChI is InChI=1S/C25H24N2O4S/c1-14-10-16(3)23(31-4)18(11-14)21(28)19-20(24-15(2)7-9-32-24)27(25(30)22(19)29)13-17-6-5-8-26-12-17/h5-12,20,28H,13H2,1-4H3/b21-19+. The first-order valence-electron chi connectivity index (χ1n) is 10.2. The molecule has 0 radical (unpaired) electrons. The number of methoxy groups -OCH3 is 1. The van der Waals surface area contributed by atoms with E-state index in [1.165, 1.54) is 23.3 Å². The number of ether oxygens (including phenoxy) is 1. The molecular weight excluding hydrogens is 424 g/mol. The first-order valence-corrected chi connectivity index (χ1v) is 11.1. The molecule has 4 rings (SSSR count). The summed E-state index contributed by atoms with van der Waals surface area (Å²) >= 11 is 1.46. The molecule has 6 nitrogen and oxygen atoms in total. The van der Waals surface area contributed by atoms with Crippen LogP contribution in [0.15, 0.2) is 53.7 Å². The third-order valence-electron chi connectivity index (χ3n) is 5.64. The normalized spacial score (nSPS) is 17.8. The van der Waals surface area contributed by atoms with Crippen molar-refractivity contribution in [3.8, 4) is 5.75 Å². The average Bonchev–Trinajstić information content (AvgIpc) is 3.29. The molecule has 3 aromatic rings. The second-order valence-corrected chi connectivity index (χ2v) is 8.87. The number of pyridine rings is 1. The Kier molecular flexibility index (Phi) is 5.84. The number of aromatic nitrogens is 1. The van der Waals surface area contributed by atoms with Crippen LogP contribution < -0.4 is 4.74 Å². The first-order chi connectivity index (χ1) is 15.3. The van der Waals surface area contributed by atoms with Gasteiger partial charge >= 0.3 is 0 Å². The number of aliphatic hydroxyl groups excluding tert-OH is 1. The molecule has 164 valence electrons. The monoisotopic (exact) mass is 448 g/mol. The van der Waals surface area contributed by atoms with Crippen molar-refractivity contribution in [2.45, 2.75) is 33.4 Å². The van der Waals surface area contributed by atoms with Crippen molar-refractivity contribution >= 4 is 28.8 Å². The minimum Gasteiger partial charge on any atom is -0.507 e. The van der Waals surface area contributed by atoms with Crippen molar-refractivity contribution in [1.82, 2.24) is 9.88 Å². The Bertz CT molecular complexity index is 1230. The number of likely N-dealkylation sites (tertiary alicyclic amines) is 1. The third kappa shape index (κ3) is 3.69. The smallest absolute Gasteiger partial charge is 0.295 e. The molecule has 1 fully saturated rings. The minimum absolute atomic E-state index is 0.0766. The molecule has 0 saturated carbocycles. The highest BCUT2D eigenvalue weighted by molar-refractivity contribution is 7.10. The largest absolute Gasteiger partial charge is 0.507 e. The molecule has 1 saturated heterocycles. The lowest BCUT2D eigenvalue weighted by atomic mass is 9.96. The number of Topliss-reactive ketones (excluding diaryl/α,β-unsaturated/α-hetero) is 1. The van der Waals surface area contributed by atoms with Crippen LogP contribution in [0.4, 0.5) is 0 Å². The van der Waals surface area contributed by atoms with Crippen molar-refractivity contribution in [2.75, 3.05) is 7.11 Å². The highest BCUT2D eigenvalue weighted by Gasteiger charge is 2.47. The molecule has 1 atom stereocenters. The molecular formula is C25H24N2O4S. The highest BCUT2D eigenvalue weighted by Crippen LogP contribution is 2.44. The van der Waals surface area contributed by atoms with Crippen molar-refractivity contribution in [2.24, 2.45) is 0 Å². The number of nitrogens with zero attached hydrogens (tertiary/aromatic N) is 2. The van der Waals surface area contributed by atoms with E-state index in [-0.39, 0.29) is 17.9 Å². The second kappa shape index (κ2) is 8.59. The zero-order valence-electron chi connectivity index (χ0n) is 18.4. The van der Waals surface area contributed by atoms with Crippen molar-refractivity contribution in [3.63, 3.8) is 0 Å². The number of benzene rings is 1. The molecule has 1 aliphatic heterocycles.